The largest absolute Gasteiger partial charge is 0.461 e. The third kappa shape index (κ3) is 1.55. The first-order chi connectivity index (χ1) is 8.25. The second-order valence-electron chi connectivity index (χ2n) is 6.72. The van der Waals surface area contributed by atoms with Crippen LogP contribution < -0.4 is 0 Å². The average molecular weight is 252 g/mol. The Labute approximate surface area is 109 Å². The molecule has 0 saturated heterocycles. The van der Waals surface area contributed by atoms with Gasteiger partial charge in [-0.25, -0.2) is 0 Å². The van der Waals surface area contributed by atoms with Crippen molar-refractivity contribution in [2.45, 2.75) is 60.0 Å². The van der Waals surface area contributed by atoms with E-state index in [0.29, 0.717) is 12.3 Å². The van der Waals surface area contributed by atoms with E-state index in [1.807, 2.05) is 20.8 Å². The fourth-order valence-corrected chi connectivity index (χ4v) is 3.53. The topological polar surface area (TPSA) is 43.4 Å². The van der Waals surface area contributed by atoms with Crippen molar-refractivity contribution in [2.24, 2.45) is 22.7 Å². The molecule has 0 aliphatic heterocycles. The van der Waals surface area contributed by atoms with E-state index >= 15 is 0 Å². The summed E-state index contributed by atoms with van der Waals surface area (Å²) in [6.07, 6.45) is 2.06. The molecule has 2 aliphatic carbocycles. The van der Waals surface area contributed by atoms with Crippen LogP contribution in [-0.4, -0.2) is 17.9 Å². The molecular weight excluding hydrogens is 228 g/mol. The third-order valence-electron chi connectivity index (χ3n) is 5.79. The van der Waals surface area contributed by atoms with Crippen LogP contribution in [0.3, 0.4) is 0 Å². The first-order valence-electron chi connectivity index (χ1n) is 6.99. The molecule has 2 aliphatic rings. The van der Waals surface area contributed by atoms with Crippen LogP contribution in [0.5, 0.6) is 0 Å². The van der Waals surface area contributed by atoms with Gasteiger partial charge in [0.1, 0.15) is 11.9 Å². The lowest BCUT2D eigenvalue weighted by atomic mass is 9.69. The van der Waals surface area contributed by atoms with Gasteiger partial charge in [0.05, 0.1) is 11.3 Å². The van der Waals surface area contributed by atoms with Gasteiger partial charge in [0, 0.05) is 6.42 Å². The summed E-state index contributed by atoms with van der Waals surface area (Å²) in [6, 6.07) is 0. The van der Waals surface area contributed by atoms with Crippen LogP contribution in [0.1, 0.15) is 53.9 Å². The van der Waals surface area contributed by atoms with E-state index in [-0.39, 0.29) is 29.2 Å². The Morgan fingerprint density at radius 2 is 2.06 bits per heavy atom. The molecule has 0 spiro atoms. The van der Waals surface area contributed by atoms with E-state index in [2.05, 4.69) is 13.8 Å². The number of rotatable bonds is 3. The second-order valence-corrected chi connectivity index (χ2v) is 6.72. The van der Waals surface area contributed by atoms with Crippen LogP contribution in [0.15, 0.2) is 0 Å². The molecule has 1 unspecified atom stereocenters. The summed E-state index contributed by atoms with van der Waals surface area (Å²) in [5.41, 5.74) is -0.536. The monoisotopic (exact) mass is 252 g/mol. The Bertz CT molecular complexity index is 385. The maximum Gasteiger partial charge on any atom is 0.308 e. The van der Waals surface area contributed by atoms with Gasteiger partial charge in [-0.15, -0.1) is 0 Å². The SMILES string of the molecule is CCC(C)C(=O)O[C@H]1C[C@@H]2CC(=O)[C@@]1(C)C2(C)C. The first-order valence-corrected chi connectivity index (χ1v) is 6.99. The first kappa shape index (κ1) is 13.6. The summed E-state index contributed by atoms with van der Waals surface area (Å²) >= 11 is 0. The quantitative estimate of drug-likeness (QED) is 0.725. The summed E-state index contributed by atoms with van der Waals surface area (Å²) in [5, 5.41) is 0. The Kier molecular flexibility index (Phi) is 3.07. The average Bonchev–Trinajstić information content (AvgIpc) is 2.59. The molecule has 0 N–H and O–H groups in total. The van der Waals surface area contributed by atoms with Crippen molar-refractivity contribution in [1.82, 2.24) is 0 Å². The van der Waals surface area contributed by atoms with Gasteiger partial charge in [-0.3, -0.25) is 9.59 Å². The number of ketones is 1. The minimum atomic E-state index is -0.485. The second kappa shape index (κ2) is 4.07. The summed E-state index contributed by atoms with van der Waals surface area (Å²) in [7, 11) is 0. The van der Waals surface area contributed by atoms with E-state index in [1.165, 1.54) is 0 Å². The lowest BCUT2D eigenvalue weighted by Crippen LogP contribution is -2.44. The molecule has 0 radical (unpaired) electrons. The van der Waals surface area contributed by atoms with Crippen molar-refractivity contribution < 1.29 is 14.3 Å². The summed E-state index contributed by atoms with van der Waals surface area (Å²) < 4.78 is 5.65. The molecule has 0 aromatic rings. The molecule has 102 valence electrons. The molecule has 4 atom stereocenters. The Balaban J connectivity index is 2.18. The molecule has 0 aromatic heterocycles. The Hall–Kier alpha value is -0.860. The molecule has 18 heavy (non-hydrogen) atoms. The fourth-order valence-electron chi connectivity index (χ4n) is 3.53. The maximum atomic E-state index is 12.2. The normalized spacial score (nSPS) is 38.8. The number of fused-ring (bicyclic) bond motifs is 2. The standard InChI is InChI=1S/C15H24O3/c1-6-9(2)13(17)18-12-8-10-7-11(16)15(12,5)14(10,3)4/h9-10,12H,6-8H2,1-5H3/t9?,10-,12-,15+/m0/s1. The van der Waals surface area contributed by atoms with Crippen molar-refractivity contribution in [3.8, 4) is 0 Å². The van der Waals surface area contributed by atoms with Gasteiger partial charge in [-0.1, -0.05) is 27.7 Å². The van der Waals surface area contributed by atoms with Crippen LogP contribution in [0, 0.1) is 22.7 Å². The lowest BCUT2D eigenvalue weighted by Gasteiger charge is -2.37. The smallest absolute Gasteiger partial charge is 0.308 e. The van der Waals surface area contributed by atoms with Crippen molar-refractivity contribution >= 4 is 11.8 Å². The highest BCUT2D eigenvalue weighted by atomic mass is 16.5. The highest BCUT2D eigenvalue weighted by molar-refractivity contribution is 5.90. The van der Waals surface area contributed by atoms with E-state index in [0.717, 1.165) is 12.8 Å². The fraction of sp³-hybridized carbons (Fsp3) is 0.867. The Morgan fingerprint density at radius 3 is 2.50 bits per heavy atom. The zero-order chi connectivity index (χ0) is 13.7. The number of hydrogen-bond acceptors (Lipinski definition) is 3. The molecule has 2 bridgehead atoms. The van der Waals surface area contributed by atoms with E-state index in [4.69, 9.17) is 4.74 Å². The van der Waals surface area contributed by atoms with Gasteiger partial charge in [-0.05, 0) is 31.1 Å². The van der Waals surface area contributed by atoms with Crippen molar-refractivity contribution in [1.29, 1.82) is 0 Å². The molecule has 0 aromatic carbocycles. The van der Waals surface area contributed by atoms with Crippen molar-refractivity contribution in [2.75, 3.05) is 0 Å². The van der Waals surface area contributed by atoms with Crippen LogP contribution in [0.25, 0.3) is 0 Å². The molecular formula is C15H24O3. The van der Waals surface area contributed by atoms with Crippen molar-refractivity contribution in [3.63, 3.8) is 0 Å². The molecule has 0 heterocycles. The molecule has 0 amide bonds. The molecule has 2 saturated carbocycles. The predicted molar refractivity (Wildman–Crippen MR) is 69.0 cm³/mol. The zero-order valence-corrected chi connectivity index (χ0v) is 12.1. The third-order valence-corrected chi connectivity index (χ3v) is 5.79. The minimum absolute atomic E-state index is 0.0511. The van der Waals surface area contributed by atoms with Gasteiger partial charge in [0.25, 0.3) is 0 Å². The summed E-state index contributed by atoms with van der Waals surface area (Å²) in [4.78, 5) is 24.1. The number of hydrogen-bond donors (Lipinski definition) is 0. The Morgan fingerprint density at radius 1 is 1.44 bits per heavy atom. The molecule has 2 fully saturated rings. The molecule has 3 heteroatoms. The zero-order valence-electron chi connectivity index (χ0n) is 12.1. The molecule has 2 rings (SSSR count). The van der Waals surface area contributed by atoms with Crippen molar-refractivity contribution in [3.05, 3.63) is 0 Å². The van der Waals surface area contributed by atoms with E-state index in [1.54, 1.807) is 0 Å². The highest BCUT2D eigenvalue weighted by Gasteiger charge is 2.67. The van der Waals surface area contributed by atoms with Crippen LogP contribution >= 0.6 is 0 Å². The van der Waals surface area contributed by atoms with Crippen LogP contribution in [0.4, 0.5) is 0 Å². The maximum absolute atomic E-state index is 12.2. The van der Waals surface area contributed by atoms with Gasteiger partial charge in [0.15, 0.2) is 0 Å². The number of esters is 1. The summed E-state index contributed by atoms with van der Waals surface area (Å²) in [6.45, 7) is 10.1. The van der Waals surface area contributed by atoms with Gasteiger partial charge >= 0.3 is 5.97 Å². The number of ether oxygens (including phenoxy) is 1. The number of carbonyl (C=O) groups is 2. The predicted octanol–water partition coefficient (Wildman–Crippen LogP) is 2.97. The van der Waals surface area contributed by atoms with Gasteiger partial charge in [0.2, 0.25) is 0 Å². The highest BCUT2D eigenvalue weighted by Crippen LogP contribution is 2.64. The minimum Gasteiger partial charge on any atom is -0.461 e. The number of Topliss-reactive ketones (excluding diaryl/α,β-unsaturated/α-hetero) is 1. The summed E-state index contributed by atoms with van der Waals surface area (Å²) in [5.74, 6) is 0.404. The van der Waals surface area contributed by atoms with E-state index < -0.39 is 5.41 Å². The van der Waals surface area contributed by atoms with E-state index in [9.17, 15) is 9.59 Å². The van der Waals surface area contributed by atoms with Gasteiger partial charge < -0.3 is 4.74 Å². The van der Waals surface area contributed by atoms with Crippen LogP contribution in [-0.2, 0) is 14.3 Å². The van der Waals surface area contributed by atoms with Gasteiger partial charge in [-0.2, -0.15) is 0 Å². The number of carbonyl (C=O) groups excluding carboxylic acids is 2. The van der Waals surface area contributed by atoms with Crippen LogP contribution in [0.2, 0.25) is 0 Å². The molecule has 3 nitrogen and oxygen atoms in total. The lowest BCUT2D eigenvalue weighted by molar-refractivity contribution is -0.164.